The van der Waals surface area contributed by atoms with E-state index in [4.69, 9.17) is 0 Å². The van der Waals surface area contributed by atoms with Gasteiger partial charge in [-0.2, -0.15) is 0 Å². The summed E-state index contributed by atoms with van der Waals surface area (Å²) in [7, 11) is -3.29. The van der Waals surface area contributed by atoms with Crippen molar-refractivity contribution in [3.63, 3.8) is 0 Å². The summed E-state index contributed by atoms with van der Waals surface area (Å²) in [5.74, 6) is -0.0762. The van der Waals surface area contributed by atoms with Crippen molar-refractivity contribution < 1.29 is 13.2 Å². The molecule has 5 nitrogen and oxygen atoms in total. The van der Waals surface area contributed by atoms with E-state index in [1.54, 1.807) is 24.3 Å². The number of hydrogen-bond donors (Lipinski definition) is 2. The molecular weight excluding hydrogens is 300 g/mol. The van der Waals surface area contributed by atoms with Crippen molar-refractivity contribution in [3.8, 4) is 0 Å². The summed E-state index contributed by atoms with van der Waals surface area (Å²) < 4.78 is 24.6. The van der Waals surface area contributed by atoms with E-state index >= 15 is 0 Å². The molecule has 116 valence electrons. The van der Waals surface area contributed by atoms with Gasteiger partial charge >= 0.3 is 0 Å². The molecule has 2 aromatic carbocycles. The normalized spacial score (nSPS) is 11.0. The maximum atomic E-state index is 11.9. The summed E-state index contributed by atoms with van der Waals surface area (Å²) >= 11 is 0. The second-order valence-corrected chi connectivity index (χ2v) is 6.73. The first-order chi connectivity index (χ1) is 10.4. The third-order valence-corrected chi connectivity index (χ3v) is 3.56. The summed E-state index contributed by atoms with van der Waals surface area (Å²) in [6.07, 6.45) is 2.17. The van der Waals surface area contributed by atoms with E-state index < -0.39 is 10.0 Å². The predicted molar refractivity (Wildman–Crippen MR) is 88.3 cm³/mol. The van der Waals surface area contributed by atoms with Crippen LogP contribution in [0.3, 0.4) is 0 Å². The molecule has 0 radical (unpaired) electrons. The van der Waals surface area contributed by atoms with Gasteiger partial charge in [0, 0.05) is 17.8 Å². The molecule has 22 heavy (non-hydrogen) atoms. The molecule has 0 aliphatic carbocycles. The second kappa shape index (κ2) is 7.09. The molecule has 0 aliphatic rings. The first-order valence-electron chi connectivity index (χ1n) is 6.84. The van der Waals surface area contributed by atoms with Gasteiger partial charge in [-0.05, 0) is 36.2 Å². The molecule has 0 saturated heterocycles. The fourth-order valence-electron chi connectivity index (χ4n) is 1.96. The van der Waals surface area contributed by atoms with Gasteiger partial charge in [0.05, 0.1) is 6.26 Å². The molecular formula is C16H18N2O3S. The molecule has 0 spiro atoms. The van der Waals surface area contributed by atoms with Crippen molar-refractivity contribution in [2.24, 2.45) is 0 Å². The maximum absolute atomic E-state index is 11.9. The molecule has 2 aromatic rings. The van der Waals surface area contributed by atoms with Gasteiger partial charge in [-0.3, -0.25) is 9.52 Å². The monoisotopic (exact) mass is 318 g/mol. The number of sulfonamides is 1. The van der Waals surface area contributed by atoms with Gasteiger partial charge < -0.3 is 5.32 Å². The van der Waals surface area contributed by atoms with Crippen LogP contribution < -0.4 is 10.0 Å². The standard InChI is InChI=1S/C16H18N2O3S/c1-22(20,21)18-15-10-8-14(9-11-15)17-16(19)12-7-13-5-3-2-4-6-13/h2-6,8-11,18H,7,12H2,1H3,(H,17,19). The second-order valence-electron chi connectivity index (χ2n) is 4.99. The molecule has 2 N–H and O–H groups in total. The van der Waals surface area contributed by atoms with Crippen LogP contribution in [0.15, 0.2) is 54.6 Å². The Morgan fingerprint density at radius 3 is 2.14 bits per heavy atom. The van der Waals surface area contributed by atoms with Gasteiger partial charge in [-0.25, -0.2) is 8.42 Å². The number of nitrogens with one attached hydrogen (secondary N) is 2. The molecule has 0 bridgehead atoms. The van der Waals surface area contributed by atoms with Gasteiger partial charge in [0.25, 0.3) is 0 Å². The zero-order chi connectivity index (χ0) is 16.0. The quantitative estimate of drug-likeness (QED) is 0.859. The lowest BCUT2D eigenvalue weighted by molar-refractivity contribution is -0.116. The largest absolute Gasteiger partial charge is 0.326 e. The summed E-state index contributed by atoms with van der Waals surface area (Å²) in [5, 5.41) is 2.79. The third kappa shape index (κ3) is 5.57. The number of carbonyl (C=O) groups is 1. The fourth-order valence-corrected chi connectivity index (χ4v) is 2.53. The van der Waals surface area contributed by atoms with E-state index in [9.17, 15) is 13.2 Å². The topological polar surface area (TPSA) is 75.3 Å². The molecule has 2 rings (SSSR count). The van der Waals surface area contributed by atoms with Gasteiger partial charge in [-0.15, -0.1) is 0 Å². The van der Waals surface area contributed by atoms with E-state index in [0.717, 1.165) is 11.8 Å². The van der Waals surface area contributed by atoms with E-state index in [0.29, 0.717) is 24.2 Å². The molecule has 0 unspecified atom stereocenters. The Balaban J connectivity index is 1.86. The number of anilines is 2. The number of carbonyl (C=O) groups excluding carboxylic acids is 1. The van der Waals surface area contributed by atoms with Crippen LogP contribution in [0.5, 0.6) is 0 Å². The smallest absolute Gasteiger partial charge is 0.229 e. The summed E-state index contributed by atoms with van der Waals surface area (Å²) in [4.78, 5) is 11.9. The van der Waals surface area contributed by atoms with E-state index in [1.807, 2.05) is 30.3 Å². The zero-order valence-electron chi connectivity index (χ0n) is 12.2. The van der Waals surface area contributed by atoms with Crippen molar-refractivity contribution in [3.05, 3.63) is 60.2 Å². The van der Waals surface area contributed by atoms with Gasteiger partial charge in [-0.1, -0.05) is 30.3 Å². The Morgan fingerprint density at radius 1 is 0.955 bits per heavy atom. The van der Waals surface area contributed by atoms with Crippen molar-refractivity contribution in [2.45, 2.75) is 12.8 Å². The molecule has 1 amide bonds. The minimum Gasteiger partial charge on any atom is -0.326 e. The molecule has 0 aliphatic heterocycles. The summed E-state index contributed by atoms with van der Waals surface area (Å²) in [5.41, 5.74) is 2.22. The lowest BCUT2D eigenvalue weighted by Crippen LogP contribution is -2.13. The lowest BCUT2D eigenvalue weighted by atomic mass is 10.1. The number of benzene rings is 2. The Hall–Kier alpha value is -2.34. The summed E-state index contributed by atoms with van der Waals surface area (Å²) in [6, 6.07) is 16.3. The molecule has 0 fully saturated rings. The average Bonchev–Trinajstić information content (AvgIpc) is 2.47. The van der Waals surface area contributed by atoms with E-state index in [-0.39, 0.29) is 5.91 Å². The average molecular weight is 318 g/mol. The number of hydrogen-bond acceptors (Lipinski definition) is 3. The molecule has 6 heteroatoms. The van der Waals surface area contributed by atoms with Crippen LogP contribution in [0.4, 0.5) is 11.4 Å². The first kappa shape index (κ1) is 16.0. The Labute approximate surface area is 130 Å². The van der Waals surface area contributed by atoms with Gasteiger partial charge in [0.2, 0.25) is 15.9 Å². The highest BCUT2D eigenvalue weighted by atomic mass is 32.2. The molecule has 0 atom stereocenters. The zero-order valence-corrected chi connectivity index (χ0v) is 13.1. The highest BCUT2D eigenvalue weighted by Crippen LogP contribution is 2.15. The van der Waals surface area contributed by atoms with Crippen molar-refractivity contribution >= 4 is 27.3 Å². The number of aryl methyl sites for hydroxylation is 1. The maximum Gasteiger partial charge on any atom is 0.229 e. The Bertz CT molecular complexity index is 726. The van der Waals surface area contributed by atoms with Gasteiger partial charge in [0.1, 0.15) is 0 Å². The highest BCUT2D eigenvalue weighted by Gasteiger charge is 2.05. The van der Waals surface area contributed by atoms with Crippen LogP contribution >= 0.6 is 0 Å². The van der Waals surface area contributed by atoms with Crippen LogP contribution in [0.2, 0.25) is 0 Å². The lowest BCUT2D eigenvalue weighted by Gasteiger charge is -2.07. The van der Waals surface area contributed by atoms with Crippen molar-refractivity contribution in [1.82, 2.24) is 0 Å². The predicted octanol–water partition coefficient (Wildman–Crippen LogP) is 2.63. The SMILES string of the molecule is CS(=O)(=O)Nc1ccc(NC(=O)CCc2ccccc2)cc1. The van der Waals surface area contributed by atoms with Crippen LogP contribution in [0.25, 0.3) is 0 Å². The van der Waals surface area contributed by atoms with Crippen molar-refractivity contribution in [2.75, 3.05) is 16.3 Å². The Morgan fingerprint density at radius 2 is 1.55 bits per heavy atom. The van der Waals surface area contributed by atoms with E-state index in [2.05, 4.69) is 10.0 Å². The molecule has 0 heterocycles. The minimum atomic E-state index is -3.29. The van der Waals surface area contributed by atoms with Crippen LogP contribution in [-0.2, 0) is 21.2 Å². The number of amides is 1. The molecule has 0 aromatic heterocycles. The van der Waals surface area contributed by atoms with Crippen LogP contribution in [-0.4, -0.2) is 20.6 Å². The first-order valence-corrected chi connectivity index (χ1v) is 8.73. The van der Waals surface area contributed by atoms with Crippen LogP contribution in [0, 0.1) is 0 Å². The molecule has 0 saturated carbocycles. The van der Waals surface area contributed by atoms with Gasteiger partial charge in [0.15, 0.2) is 0 Å². The van der Waals surface area contributed by atoms with E-state index in [1.165, 1.54) is 0 Å². The third-order valence-electron chi connectivity index (χ3n) is 2.96. The fraction of sp³-hybridized carbons (Fsp3) is 0.188. The highest BCUT2D eigenvalue weighted by molar-refractivity contribution is 7.92. The minimum absolute atomic E-state index is 0.0762. The summed E-state index contributed by atoms with van der Waals surface area (Å²) in [6.45, 7) is 0. The van der Waals surface area contributed by atoms with Crippen molar-refractivity contribution in [1.29, 1.82) is 0 Å². The Kier molecular flexibility index (Phi) is 5.16. The number of rotatable bonds is 6. The van der Waals surface area contributed by atoms with Crippen LogP contribution in [0.1, 0.15) is 12.0 Å².